The number of aliphatic hydroxyl groups excluding tert-OH is 1. The highest BCUT2D eigenvalue weighted by Gasteiger charge is 2.14. The van der Waals surface area contributed by atoms with E-state index >= 15 is 0 Å². The number of nitrogens with zero attached hydrogens (tertiary/aromatic N) is 1. The van der Waals surface area contributed by atoms with Crippen LogP contribution < -0.4 is 4.90 Å². The first kappa shape index (κ1) is 15.3. The third-order valence-electron chi connectivity index (χ3n) is 2.74. The second-order valence-corrected chi connectivity index (χ2v) is 5.14. The molecule has 0 heterocycles. The van der Waals surface area contributed by atoms with Crippen molar-refractivity contribution in [2.75, 3.05) is 31.7 Å². The number of anilines is 1. The van der Waals surface area contributed by atoms with Crippen LogP contribution in [-0.4, -0.2) is 31.9 Å². The highest BCUT2D eigenvalue weighted by molar-refractivity contribution is 6.31. The maximum atomic E-state index is 9.47. The SMILES string of the molecule is COCCN(CC(C)C)c1cccc(Cl)c1CO. The Morgan fingerprint density at radius 2 is 2.11 bits per heavy atom. The van der Waals surface area contributed by atoms with Gasteiger partial charge in [0.15, 0.2) is 0 Å². The van der Waals surface area contributed by atoms with Crippen molar-refractivity contribution in [3.05, 3.63) is 28.8 Å². The van der Waals surface area contributed by atoms with Gasteiger partial charge in [0.2, 0.25) is 0 Å². The summed E-state index contributed by atoms with van der Waals surface area (Å²) in [5.41, 5.74) is 1.78. The molecule has 1 aromatic rings. The Kier molecular flexibility index (Phi) is 6.47. The Hall–Kier alpha value is -0.770. The van der Waals surface area contributed by atoms with E-state index < -0.39 is 0 Å². The summed E-state index contributed by atoms with van der Waals surface area (Å²) < 4.78 is 5.14. The van der Waals surface area contributed by atoms with Crippen LogP contribution in [0.4, 0.5) is 5.69 Å². The molecule has 0 radical (unpaired) electrons. The van der Waals surface area contributed by atoms with Crippen LogP contribution in [-0.2, 0) is 11.3 Å². The Morgan fingerprint density at radius 3 is 2.67 bits per heavy atom. The molecule has 1 aromatic carbocycles. The fourth-order valence-corrected chi connectivity index (χ4v) is 2.18. The topological polar surface area (TPSA) is 32.7 Å². The zero-order chi connectivity index (χ0) is 13.5. The lowest BCUT2D eigenvalue weighted by atomic mass is 10.1. The van der Waals surface area contributed by atoms with E-state index in [1.54, 1.807) is 13.2 Å². The lowest BCUT2D eigenvalue weighted by Gasteiger charge is -2.28. The number of ether oxygens (including phenoxy) is 1. The molecule has 0 spiro atoms. The highest BCUT2D eigenvalue weighted by atomic mass is 35.5. The smallest absolute Gasteiger partial charge is 0.0716 e. The molecule has 18 heavy (non-hydrogen) atoms. The van der Waals surface area contributed by atoms with Crippen molar-refractivity contribution in [2.24, 2.45) is 5.92 Å². The Bertz CT molecular complexity index is 369. The van der Waals surface area contributed by atoms with E-state index in [1.165, 1.54) is 0 Å². The molecule has 0 aliphatic heterocycles. The van der Waals surface area contributed by atoms with Gasteiger partial charge in [-0.2, -0.15) is 0 Å². The first-order valence-corrected chi connectivity index (χ1v) is 6.60. The van der Waals surface area contributed by atoms with E-state index in [0.29, 0.717) is 17.5 Å². The minimum Gasteiger partial charge on any atom is -0.392 e. The Morgan fingerprint density at radius 1 is 1.39 bits per heavy atom. The molecule has 102 valence electrons. The van der Waals surface area contributed by atoms with E-state index in [0.717, 1.165) is 24.3 Å². The van der Waals surface area contributed by atoms with Gasteiger partial charge in [-0.3, -0.25) is 0 Å². The monoisotopic (exact) mass is 271 g/mol. The third-order valence-corrected chi connectivity index (χ3v) is 3.10. The van der Waals surface area contributed by atoms with Crippen LogP contribution in [0.1, 0.15) is 19.4 Å². The van der Waals surface area contributed by atoms with Crippen LogP contribution in [0.3, 0.4) is 0 Å². The molecule has 0 amide bonds. The molecule has 0 aliphatic carbocycles. The summed E-state index contributed by atoms with van der Waals surface area (Å²) in [6.07, 6.45) is 0. The average Bonchev–Trinajstić information content (AvgIpc) is 2.33. The van der Waals surface area contributed by atoms with Crippen molar-refractivity contribution >= 4 is 17.3 Å². The maximum absolute atomic E-state index is 9.47. The molecule has 1 N–H and O–H groups in total. The van der Waals surface area contributed by atoms with Gasteiger partial charge >= 0.3 is 0 Å². The highest BCUT2D eigenvalue weighted by Crippen LogP contribution is 2.28. The number of rotatable bonds is 7. The number of benzene rings is 1. The van der Waals surface area contributed by atoms with Crippen LogP contribution in [0.2, 0.25) is 5.02 Å². The summed E-state index contributed by atoms with van der Waals surface area (Å²) in [7, 11) is 1.69. The van der Waals surface area contributed by atoms with Crippen molar-refractivity contribution in [3.63, 3.8) is 0 Å². The second-order valence-electron chi connectivity index (χ2n) is 4.73. The normalized spacial score (nSPS) is 11.0. The van der Waals surface area contributed by atoms with Gasteiger partial charge in [0.25, 0.3) is 0 Å². The fraction of sp³-hybridized carbons (Fsp3) is 0.571. The minimum absolute atomic E-state index is 0.0451. The van der Waals surface area contributed by atoms with E-state index in [4.69, 9.17) is 16.3 Å². The van der Waals surface area contributed by atoms with E-state index in [9.17, 15) is 5.11 Å². The molecular formula is C14H22ClNO2. The summed E-state index contributed by atoms with van der Waals surface area (Å²) in [6, 6.07) is 5.72. The quantitative estimate of drug-likeness (QED) is 0.828. The molecule has 0 saturated carbocycles. The Balaban J connectivity index is 2.99. The predicted molar refractivity (Wildman–Crippen MR) is 76.3 cm³/mol. The summed E-state index contributed by atoms with van der Waals surface area (Å²) in [5.74, 6) is 0.535. The van der Waals surface area contributed by atoms with Crippen molar-refractivity contribution in [3.8, 4) is 0 Å². The molecule has 1 rings (SSSR count). The van der Waals surface area contributed by atoms with E-state index in [2.05, 4.69) is 18.7 Å². The molecule has 0 aromatic heterocycles. The van der Waals surface area contributed by atoms with Crippen molar-refractivity contribution in [1.82, 2.24) is 0 Å². The zero-order valence-electron chi connectivity index (χ0n) is 11.3. The molecule has 0 bridgehead atoms. The lowest BCUT2D eigenvalue weighted by Crippen LogP contribution is -2.31. The van der Waals surface area contributed by atoms with Crippen LogP contribution in [0.5, 0.6) is 0 Å². The Labute approximate surface area is 114 Å². The minimum atomic E-state index is -0.0451. The molecule has 3 nitrogen and oxygen atoms in total. The lowest BCUT2D eigenvalue weighted by molar-refractivity contribution is 0.204. The van der Waals surface area contributed by atoms with Crippen molar-refractivity contribution in [1.29, 1.82) is 0 Å². The molecular weight excluding hydrogens is 250 g/mol. The number of hydrogen-bond acceptors (Lipinski definition) is 3. The number of halogens is 1. The molecule has 0 aliphatic rings. The molecule has 0 unspecified atom stereocenters. The summed E-state index contributed by atoms with van der Waals surface area (Å²) in [6.45, 7) is 6.66. The van der Waals surface area contributed by atoms with Gasteiger partial charge in [0, 0.05) is 36.5 Å². The first-order valence-electron chi connectivity index (χ1n) is 6.22. The van der Waals surface area contributed by atoms with Crippen LogP contribution in [0.15, 0.2) is 18.2 Å². The van der Waals surface area contributed by atoms with Crippen molar-refractivity contribution < 1.29 is 9.84 Å². The summed E-state index contributed by atoms with van der Waals surface area (Å²) >= 11 is 6.13. The van der Waals surface area contributed by atoms with Crippen LogP contribution in [0.25, 0.3) is 0 Å². The fourth-order valence-electron chi connectivity index (χ4n) is 1.95. The molecule has 0 atom stereocenters. The summed E-state index contributed by atoms with van der Waals surface area (Å²) in [4.78, 5) is 2.21. The van der Waals surface area contributed by atoms with Gasteiger partial charge in [-0.1, -0.05) is 31.5 Å². The number of methoxy groups -OCH3 is 1. The molecule has 0 fully saturated rings. The van der Waals surface area contributed by atoms with Crippen LogP contribution in [0, 0.1) is 5.92 Å². The first-order chi connectivity index (χ1) is 8.60. The standard InChI is InChI=1S/C14H22ClNO2/c1-11(2)9-16(7-8-18-3)14-6-4-5-13(15)12(14)10-17/h4-6,11,17H,7-10H2,1-3H3. The van der Waals surface area contributed by atoms with E-state index in [1.807, 2.05) is 12.1 Å². The van der Waals surface area contributed by atoms with E-state index in [-0.39, 0.29) is 6.61 Å². The largest absolute Gasteiger partial charge is 0.392 e. The number of hydrogen-bond donors (Lipinski definition) is 1. The molecule has 4 heteroatoms. The van der Waals surface area contributed by atoms with Gasteiger partial charge < -0.3 is 14.7 Å². The number of aliphatic hydroxyl groups is 1. The zero-order valence-corrected chi connectivity index (χ0v) is 12.1. The average molecular weight is 272 g/mol. The van der Waals surface area contributed by atoms with Crippen molar-refractivity contribution in [2.45, 2.75) is 20.5 Å². The van der Waals surface area contributed by atoms with Gasteiger partial charge in [0.1, 0.15) is 0 Å². The predicted octanol–water partition coefficient (Wildman–Crippen LogP) is 2.94. The van der Waals surface area contributed by atoms with Gasteiger partial charge in [-0.05, 0) is 18.1 Å². The summed E-state index contributed by atoms with van der Waals surface area (Å²) in [5, 5.41) is 10.1. The van der Waals surface area contributed by atoms with Gasteiger partial charge in [-0.15, -0.1) is 0 Å². The molecule has 0 saturated heterocycles. The second kappa shape index (κ2) is 7.62. The third kappa shape index (κ3) is 4.16. The van der Waals surface area contributed by atoms with Gasteiger partial charge in [0.05, 0.1) is 13.2 Å². The van der Waals surface area contributed by atoms with Crippen LogP contribution >= 0.6 is 11.6 Å². The van der Waals surface area contributed by atoms with Gasteiger partial charge in [-0.25, -0.2) is 0 Å². The maximum Gasteiger partial charge on any atom is 0.0716 e.